The first kappa shape index (κ1) is 11.9. The average molecular weight is 276 g/mol. The molecule has 0 atom stereocenters. The standard InChI is InChI=1S/C17H12N2O2/c1-10-5-4-6-11-14(20)9-15(21-16(10)11)17-18-12-7-2-3-8-13(12)19-17/h2-9H,1H3,(H,18,19). The van der Waals surface area contributed by atoms with Crippen LogP contribution in [0.4, 0.5) is 0 Å². The monoisotopic (exact) mass is 276 g/mol. The number of H-pyrrole nitrogens is 1. The second-order valence-corrected chi connectivity index (χ2v) is 5.03. The van der Waals surface area contributed by atoms with Crippen LogP contribution in [-0.2, 0) is 0 Å². The van der Waals surface area contributed by atoms with Crippen LogP contribution in [0.1, 0.15) is 5.56 Å². The Kier molecular flexibility index (Phi) is 2.44. The summed E-state index contributed by atoms with van der Waals surface area (Å²) in [5.41, 5.74) is 3.25. The number of hydrogen-bond acceptors (Lipinski definition) is 3. The Morgan fingerprint density at radius 3 is 2.81 bits per heavy atom. The number of hydrogen-bond donors (Lipinski definition) is 1. The van der Waals surface area contributed by atoms with E-state index in [4.69, 9.17) is 4.42 Å². The van der Waals surface area contributed by atoms with Crippen LogP contribution in [0.15, 0.2) is 57.7 Å². The lowest BCUT2D eigenvalue weighted by Gasteiger charge is -2.02. The number of benzene rings is 2. The van der Waals surface area contributed by atoms with Gasteiger partial charge in [-0.05, 0) is 30.7 Å². The zero-order chi connectivity index (χ0) is 14.4. The third-order valence-corrected chi connectivity index (χ3v) is 3.57. The van der Waals surface area contributed by atoms with E-state index in [2.05, 4.69) is 9.97 Å². The first-order valence-electron chi connectivity index (χ1n) is 6.71. The lowest BCUT2D eigenvalue weighted by molar-refractivity contribution is 0.611. The molecule has 4 nitrogen and oxygen atoms in total. The SMILES string of the molecule is Cc1cccc2c(=O)cc(-c3nc4ccccc4[nH]3)oc12. The number of para-hydroxylation sites is 3. The maximum Gasteiger partial charge on any atom is 0.193 e. The summed E-state index contributed by atoms with van der Waals surface area (Å²) in [6, 6.07) is 14.8. The van der Waals surface area contributed by atoms with Gasteiger partial charge in [-0.1, -0.05) is 24.3 Å². The van der Waals surface area contributed by atoms with Crippen molar-refractivity contribution in [1.82, 2.24) is 9.97 Å². The highest BCUT2D eigenvalue weighted by atomic mass is 16.3. The third-order valence-electron chi connectivity index (χ3n) is 3.57. The summed E-state index contributed by atoms with van der Waals surface area (Å²) in [7, 11) is 0. The number of imidazole rings is 1. The van der Waals surface area contributed by atoms with Gasteiger partial charge in [-0.3, -0.25) is 4.79 Å². The van der Waals surface area contributed by atoms with Crippen LogP contribution < -0.4 is 5.43 Å². The second-order valence-electron chi connectivity index (χ2n) is 5.03. The summed E-state index contributed by atoms with van der Waals surface area (Å²) < 4.78 is 5.90. The summed E-state index contributed by atoms with van der Waals surface area (Å²) >= 11 is 0. The Labute approximate surface area is 120 Å². The van der Waals surface area contributed by atoms with Gasteiger partial charge in [0.2, 0.25) is 0 Å². The van der Waals surface area contributed by atoms with Crippen molar-refractivity contribution in [2.24, 2.45) is 0 Å². The summed E-state index contributed by atoms with van der Waals surface area (Å²) in [5.74, 6) is 1.02. The van der Waals surface area contributed by atoms with Gasteiger partial charge in [0.1, 0.15) is 5.58 Å². The number of aryl methyl sites for hydroxylation is 1. The van der Waals surface area contributed by atoms with E-state index < -0.39 is 0 Å². The molecular weight excluding hydrogens is 264 g/mol. The van der Waals surface area contributed by atoms with E-state index in [0.717, 1.165) is 16.6 Å². The van der Waals surface area contributed by atoms with E-state index in [-0.39, 0.29) is 5.43 Å². The lowest BCUT2D eigenvalue weighted by Crippen LogP contribution is -2.01. The van der Waals surface area contributed by atoms with Crippen molar-refractivity contribution in [1.29, 1.82) is 0 Å². The molecule has 2 aromatic carbocycles. The maximum atomic E-state index is 12.2. The molecule has 0 aliphatic rings. The largest absolute Gasteiger partial charge is 0.452 e. The van der Waals surface area contributed by atoms with E-state index in [1.165, 1.54) is 6.07 Å². The lowest BCUT2D eigenvalue weighted by atomic mass is 10.1. The average Bonchev–Trinajstić information content (AvgIpc) is 2.92. The van der Waals surface area contributed by atoms with Gasteiger partial charge in [0.25, 0.3) is 0 Å². The fourth-order valence-corrected chi connectivity index (χ4v) is 2.50. The first-order valence-corrected chi connectivity index (χ1v) is 6.71. The number of fused-ring (bicyclic) bond motifs is 2. The number of nitrogens with one attached hydrogen (secondary N) is 1. The minimum atomic E-state index is -0.0598. The third kappa shape index (κ3) is 1.84. The molecule has 0 spiro atoms. The van der Waals surface area contributed by atoms with Crippen LogP contribution in [0.3, 0.4) is 0 Å². The molecule has 0 aliphatic heterocycles. The molecular formula is C17H12N2O2. The summed E-state index contributed by atoms with van der Waals surface area (Å²) in [4.78, 5) is 19.9. The molecule has 0 aliphatic carbocycles. The molecule has 0 bridgehead atoms. The summed E-state index contributed by atoms with van der Waals surface area (Å²) in [6.45, 7) is 1.92. The predicted octanol–water partition coefficient (Wildman–Crippen LogP) is 3.64. The van der Waals surface area contributed by atoms with Crippen LogP contribution in [0.5, 0.6) is 0 Å². The predicted molar refractivity (Wildman–Crippen MR) is 82.3 cm³/mol. The Bertz CT molecular complexity index is 995. The molecule has 1 N–H and O–H groups in total. The van der Waals surface area contributed by atoms with Crippen molar-refractivity contribution in [3.8, 4) is 11.6 Å². The molecule has 0 saturated heterocycles. The van der Waals surface area contributed by atoms with Crippen LogP contribution in [0, 0.1) is 6.92 Å². The molecule has 4 rings (SSSR count). The zero-order valence-corrected chi connectivity index (χ0v) is 11.4. The van der Waals surface area contributed by atoms with Crippen molar-refractivity contribution in [3.63, 3.8) is 0 Å². The number of aromatic amines is 1. The Hall–Kier alpha value is -2.88. The van der Waals surface area contributed by atoms with Gasteiger partial charge >= 0.3 is 0 Å². The van der Waals surface area contributed by atoms with E-state index in [9.17, 15) is 4.79 Å². The van der Waals surface area contributed by atoms with Crippen molar-refractivity contribution in [2.75, 3.05) is 0 Å². The minimum Gasteiger partial charge on any atom is -0.452 e. The highest BCUT2D eigenvalue weighted by Crippen LogP contribution is 2.24. The van der Waals surface area contributed by atoms with Gasteiger partial charge in [0.05, 0.1) is 16.4 Å². The Balaban J connectivity index is 2.02. The van der Waals surface area contributed by atoms with Gasteiger partial charge in [-0.2, -0.15) is 0 Å². The van der Waals surface area contributed by atoms with E-state index >= 15 is 0 Å². The van der Waals surface area contributed by atoms with E-state index in [0.29, 0.717) is 22.6 Å². The molecule has 0 fully saturated rings. The maximum absolute atomic E-state index is 12.2. The molecule has 0 radical (unpaired) electrons. The quantitative estimate of drug-likeness (QED) is 0.577. The molecule has 2 aromatic heterocycles. The van der Waals surface area contributed by atoms with Crippen LogP contribution in [-0.4, -0.2) is 9.97 Å². The Morgan fingerprint density at radius 1 is 1.10 bits per heavy atom. The number of rotatable bonds is 1. The van der Waals surface area contributed by atoms with Crippen molar-refractivity contribution >= 4 is 22.0 Å². The molecule has 102 valence electrons. The normalized spacial score (nSPS) is 11.3. The topological polar surface area (TPSA) is 58.9 Å². The van der Waals surface area contributed by atoms with Crippen LogP contribution >= 0.6 is 0 Å². The summed E-state index contributed by atoms with van der Waals surface area (Å²) in [6.07, 6.45) is 0. The van der Waals surface area contributed by atoms with Gasteiger partial charge in [0.15, 0.2) is 17.0 Å². The van der Waals surface area contributed by atoms with Gasteiger partial charge in [-0.15, -0.1) is 0 Å². The number of nitrogens with zero attached hydrogens (tertiary/aromatic N) is 1. The van der Waals surface area contributed by atoms with Gasteiger partial charge in [-0.25, -0.2) is 4.98 Å². The zero-order valence-electron chi connectivity index (χ0n) is 11.4. The van der Waals surface area contributed by atoms with Crippen molar-refractivity contribution < 1.29 is 4.42 Å². The second kappa shape index (κ2) is 4.31. The van der Waals surface area contributed by atoms with Gasteiger partial charge < -0.3 is 9.40 Å². The fraction of sp³-hybridized carbons (Fsp3) is 0.0588. The van der Waals surface area contributed by atoms with Crippen molar-refractivity contribution in [2.45, 2.75) is 6.92 Å². The van der Waals surface area contributed by atoms with E-state index in [1.54, 1.807) is 6.07 Å². The summed E-state index contributed by atoms with van der Waals surface area (Å²) in [5, 5.41) is 0.592. The highest BCUT2D eigenvalue weighted by molar-refractivity contribution is 5.82. The number of aromatic nitrogens is 2. The minimum absolute atomic E-state index is 0.0598. The van der Waals surface area contributed by atoms with Crippen LogP contribution in [0.2, 0.25) is 0 Å². The molecule has 4 heteroatoms. The van der Waals surface area contributed by atoms with Crippen LogP contribution in [0.25, 0.3) is 33.6 Å². The van der Waals surface area contributed by atoms with Gasteiger partial charge in [0, 0.05) is 6.07 Å². The van der Waals surface area contributed by atoms with E-state index in [1.807, 2.05) is 43.3 Å². The van der Waals surface area contributed by atoms with Crippen molar-refractivity contribution in [3.05, 3.63) is 64.3 Å². The Morgan fingerprint density at radius 2 is 1.95 bits per heavy atom. The molecule has 21 heavy (non-hydrogen) atoms. The first-order chi connectivity index (χ1) is 10.2. The smallest absolute Gasteiger partial charge is 0.193 e. The molecule has 0 amide bonds. The molecule has 2 heterocycles. The highest BCUT2D eigenvalue weighted by Gasteiger charge is 2.11. The molecule has 4 aromatic rings. The molecule has 0 unspecified atom stereocenters. The molecule has 0 saturated carbocycles. The fourth-order valence-electron chi connectivity index (χ4n) is 2.50.